The molecule has 0 amide bonds. The lowest BCUT2D eigenvalue weighted by Crippen LogP contribution is -2.15. The summed E-state index contributed by atoms with van der Waals surface area (Å²) >= 11 is 0. The molecule has 4 aromatic rings. The van der Waals surface area contributed by atoms with Gasteiger partial charge < -0.3 is 0 Å². The van der Waals surface area contributed by atoms with Gasteiger partial charge in [0.2, 0.25) is 0 Å². The summed E-state index contributed by atoms with van der Waals surface area (Å²) in [5.74, 6) is -4.06. The summed E-state index contributed by atoms with van der Waals surface area (Å²) in [6.45, 7) is 0. The van der Waals surface area contributed by atoms with Gasteiger partial charge in [-0.25, -0.2) is 22.7 Å². The van der Waals surface area contributed by atoms with Crippen LogP contribution in [0.2, 0.25) is 0 Å². The maximum atomic E-state index is 14.1. The number of aromatic nitrogens is 3. The summed E-state index contributed by atoms with van der Waals surface area (Å²) in [5, 5.41) is 1.97. The lowest BCUT2D eigenvalue weighted by molar-refractivity contribution is -0.140. The quantitative estimate of drug-likeness (QED) is 0.382. The minimum absolute atomic E-state index is 0.105. The van der Waals surface area contributed by atoms with Gasteiger partial charge in [-0.05, 0) is 11.6 Å². The van der Waals surface area contributed by atoms with Gasteiger partial charge in [0, 0.05) is 17.7 Å². The molecule has 0 fully saturated rings. The average Bonchev–Trinajstić information content (AvgIpc) is 3.06. The number of hydrogen-bond acceptors (Lipinski definition) is 2. The molecule has 4 rings (SSSR count). The lowest BCUT2D eigenvalue weighted by Gasteiger charge is -2.07. The Hall–Kier alpha value is -3.56. The van der Waals surface area contributed by atoms with Crippen LogP contribution >= 0.6 is 0 Å². The topological polar surface area (TPSA) is 50.2 Å². The van der Waals surface area contributed by atoms with Crippen LogP contribution in [0.15, 0.2) is 53.3 Å². The third-order valence-electron chi connectivity index (χ3n) is 4.25. The van der Waals surface area contributed by atoms with E-state index in [2.05, 4.69) is 4.98 Å². The zero-order chi connectivity index (χ0) is 20.9. The van der Waals surface area contributed by atoms with Crippen LogP contribution in [-0.4, -0.2) is 14.6 Å². The minimum Gasteiger partial charge on any atom is -0.284 e. The fourth-order valence-corrected chi connectivity index (χ4v) is 2.98. The van der Waals surface area contributed by atoms with E-state index in [1.807, 2.05) is 5.10 Å². The van der Waals surface area contributed by atoms with Gasteiger partial charge in [-0.2, -0.15) is 13.2 Å². The standard InChI is InChI=1S/C19H9F6N3O/c20-11-7-13(22)12(21)6-10(11)14-8-15(29)28-18(26-14)16(9-4-2-1-3-5-9)17(27-28)19(23,24)25/h1-8,27H. The van der Waals surface area contributed by atoms with Crippen LogP contribution in [0, 0.1) is 17.5 Å². The van der Waals surface area contributed by atoms with Gasteiger partial charge >= 0.3 is 6.18 Å². The highest BCUT2D eigenvalue weighted by atomic mass is 19.4. The van der Waals surface area contributed by atoms with Gasteiger partial charge in [-0.15, -0.1) is 0 Å². The Kier molecular flexibility index (Phi) is 4.21. The summed E-state index contributed by atoms with van der Waals surface area (Å²) in [7, 11) is 0. The molecule has 2 heterocycles. The number of rotatable bonds is 2. The SMILES string of the molecule is O=c1cc(-c2cc(F)c(F)cc2F)nc2c(-c3ccccc3)c(C(F)(F)F)[nH]n12. The van der Waals surface area contributed by atoms with E-state index in [4.69, 9.17) is 0 Å². The number of alkyl halides is 3. The fourth-order valence-electron chi connectivity index (χ4n) is 2.98. The van der Waals surface area contributed by atoms with Crippen molar-refractivity contribution < 1.29 is 26.3 Å². The van der Waals surface area contributed by atoms with Crippen LogP contribution in [0.4, 0.5) is 26.3 Å². The highest BCUT2D eigenvalue weighted by Gasteiger charge is 2.38. The third kappa shape index (κ3) is 3.16. The molecular weight excluding hydrogens is 400 g/mol. The Balaban J connectivity index is 2.08. The first-order chi connectivity index (χ1) is 13.7. The van der Waals surface area contributed by atoms with Crippen molar-refractivity contribution in [1.82, 2.24) is 14.6 Å². The van der Waals surface area contributed by atoms with Crippen molar-refractivity contribution in [3.05, 3.63) is 82.0 Å². The zero-order valence-corrected chi connectivity index (χ0v) is 14.2. The Morgan fingerprint density at radius 1 is 0.897 bits per heavy atom. The smallest absolute Gasteiger partial charge is 0.284 e. The number of nitrogens with zero attached hydrogens (tertiary/aromatic N) is 2. The molecule has 0 aliphatic heterocycles. The first-order valence-corrected chi connectivity index (χ1v) is 8.10. The highest BCUT2D eigenvalue weighted by molar-refractivity contribution is 5.81. The number of hydrogen-bond donors (Lipinski definition) is 1. The van der Waals surface area contributed by atoms with Crippen molar-refractivity contribution in [3.63, 3.8) is 0 Å². The third-order valence-corrected chi connectivity index (χ3v) is 4.25. The van der Waals surface area contributed by atoms with E-state index in [1.165, 1.54) is 24.3 Å². The molecule has 0 atom stereocenters. The summed E-state index contributed by atoms with van der Waals surface area (Å²) in [5.41, 5.74) is -3.96. The molecule has 0 saturated carbocycles. The second-order valence-electron chi connectivity index (χ2n) is 6.11. The van der Waals surface area contributed by atoms with E-state index >= 15 is 0 Å². The predicted octanol–water partition coefficient (Wildman–Crippen LogP) is 4.79. The monoisotopic (exact) mass is 409 g/mol. The molecule has 10 heteroatoms. The van der Waals surface area contributed by atoms with Crippen LogP contribution in [-0.2, 0) is 6.18 Å². The lowest BCUT2D eigenvalue weighted by atomic mass is 10.1. The molecule has 0 unspecified atom stereocenters. The molecule has 0 spiro atoms. The number of benzene rings is 2. The zero-order valence-electron chi connectivity index (χ0n) is 14.2. The van der Waals surface area contributed by atoms with E-state index in [0.717, 1.165) is 6.07 Å². The number of halogens is 6. The van der Waals surface area contributed by atoms with Gasteiger partial charge in [-0.3, -0.25) is 9.89 Å². The van der Waals surface area contributed by atoms with Crippen LogP contribution in [0.25, 0.3) is 28.0 Å². The Labute approximate surface area is 158 Å². The molecule has 148 valence electrons. The largest absolute Gasteiger partial charge is 0.433 e. The average molecular weight is 409 g/mol. The highest BCUT2D eigenvalue weighted by Crippen LogP contribution is 2.38. The van der Waals surface area contributed by atoms with E-state index in [-0.39, 0.29) is 11.6 Å². The Bertz CT molecular complexity index is 1290. The van der Waals surface area contributed by atoms with Crippen LogP contribution in [0.5, 0.6) is 0 Å². The summed E-state index contributed by atoms with van der Waals surface area (Å²) < 4.78 is 82.1. The fraction of sp³-hybridized carbons (Fsp3) is 0.0526. The molecule has 0 radical (unpaired) electrons. The Morgan fingerprint density at radius 3 is 2.21 bits per heavy atom. The predicted molar refractivity (Wildman–Crippen MR) is 91.6 cm³/mol. The van der Waals surface area contributed by atoms with Gasteiger partial charge in [0.25, 0.3) is 5.56 Å². The van der Waals surface area contributed by atoms with Crippen LogP contribution < -0.4 is 5.56 Å². The molecule has 0 bridgehead atoms. The first kappa shape index (κ1) is 18.8. The maximum Gasteiger partial charge on any atom is 0.433 e. The number of aromatic amines is 1. The first-order valence-electron chi connectivity index (χ1n) is 8.10. The van der Waals surface area contributed by atoms with Crippen molar-refractivity contribution in [1.29, 1.82) is 0 Å². The summed E-state index contributed by atoms with van der Waals surface area (Å²) in [4.78, 5) is 16.3. The molecule has 29 heavy (non-hydrogen) atoms. The normalized spacial score (nSPS) is 11.9. The molecule has 0 aliphatic rings. The van der Waals surface area contributed by atoms with Gasteiger partial charge in [0.15, 0.2) is 17.3 Å². The van der Waals surface area contributed by atoms with Crippen molar-refractivity contribution >= 4 is 5.65 Å². The number of fused-ring (bicyclic) bond motifs is 1. The van der Waals surface area contributed by atoms with E-state index in [0.29, 0.717) is 10.6 Å². The van der Waals surface area contributed by atoms with Gasteiger partial charge in [0.05, 0.1) is 11.3 Å². The Morgan fingerprint density at radius 2 is 1.55 bits per heavy atom. The van der Waals surface area contributed by atoms with E-state index < -0.39 is 57.3 Å². The van der Waals surface area contributed by atoms with E-state index in [1.54, 1.807) is 6.07 Å². The van der Waals surface area contributed by atoms with Gasteiger partial charge in [0.1, 0.15) is 11.5 Å². The summed E-state index contributed by atoms with van der Waals surface area (Å²) in [6.07, 6.45) is -4.85. The van der Waals surface area contributed by atoms with Crippen LogP contribution in [0.1, 0.15) is 5.69 Å². The van der Waals surface area contributed by atoms with Crippen molar-refractivity contribution in [2.75, 3.05) is 0 Å². The van der Waals surface area contributed by atoms with E-state index in [9.17, 15) is 31.1 Å². The molecule has 4 nitrogen and oxygen atoms in total. The minimum atomic E-state index is -4.85. The second kappa shape index (κ2) is 6.50. The van der Waals surface area contributed by atoms with Gasteiger partial charge in [-0.1, -0.05) is 30.3 Å². The molecule has 0 aliphatic carbocycles. The summed E-state index contributed by atoms with van der Waals surface area (Å²) in [6, 6.07) is 8.84. The number of H-pyrrole nitrogens is 1. The van der Waals surface area contributed by atoms with Crippen molar-refractivity contribution in [2.45, 2.75) is 6.18 Å². The number of nitrogens with one attached hydrogen (secondary N) is 1. The second-order valence-corrected chi connectivity index (χ2v) is 6.11. The van der Waals surface area contributed by atoms with Crippen molar-refractivity contribution in [3.8, 4) is 22.4 Å². The molecule has 1 N–H and O–H groups in total. The molecule has 2 aromatic carbocycles. The molecule has 2 aromatic heterocycles. The van der Waals surface area contributed by atoms with Crippen LogP contribution in [0.3, 0.4) is 0 Å². The molecule has 0 saturated heterocycles. The molecular formula is C19H9F6N3O. The van der Waals surface area contributed by atoms with Crippen molar-refractivity contribution in [2.24, 2.45) is 0 Å². The maximum absolute atomic E-state index is 14.1.